The lowest BCUT2D eigenvalue weighted by atomic mass is 9.85. The molecule has 10 nitrogen and oxygen atoms in total. The van der Waals surface area contributed by atoms with E-state index in [0.29, 0.717) is 17.9 Å². The van der Waals surface area contributed by atoms with Crippen molar-refractivity contribution in [3.63, 3.8) is 0 Å². The minimum absolute atomic E-state index is 0.0522. The van der Waals surface area contributed by atoms with Crippen LogP contribution in [0.1, 0.15) is 60.3 Å². The molecule has 3 N–H and O–H groups in total. The zero-order valence-corrected chi connectivity index (χ0v) is 23.5. The molecule has 0 spiro atoms. The molecule has 1 saturated carbocycles. The van der Waals surface area contributed by atoms with Crippen LogP contribution in [0.5, 0.6) is 0 Å². The summed E-state index contributed by atoms with van der Waals surface area (Å²) in [6, 6.07) is -2.45. The normalized spacial score (nSPS) is 27.5. The van der Waals surface area contributed by atoms with Crippen LogP contribution in [0.4, 0.5) is 13.2 Å². The Bertz CT molecular complexity index is 1010. The zero-order valence-electron chi connectivity index (χ0n) is 22.7. The van der Waals surface area contributed by atoms with Gasteiger partial charge in [-0.05, 0) is 50.4 Å². The van der Waals surface area contributed by atoms with Gasteiger partial charge in [0, 0.05) is 12.1 Å². The van der Waals surface area contributed by atoms with E-state index in [1.807, 2.05) is 0 Å². The highest BCUT2D eigenvalue weighted by molar-refractivity contribution is 6.29. The van der Waals surface area contributed by atoms with Gasteiger partial charge in [0.15, 0.2) is 0 Å². The molecule has 3 fully saturated rings. The highest BCUT2D eigenvalue weighted by atomic mass is 35.5. The average Bonchev–Trinajstić information content (AvgIpc) is 3.46. The summed E-state index contributed by atoms with van der Waals surface area (Å²) in [5.41, 5.74) is -1.63. The fourth-order valence-electron chi connectivity index (χ4n) is 5.96. The monoisotopic (exact) mass is 579 g/mol. The largest absolute Gasteiger partial charge is 0.351 e. The number of rotatable bonds is 7. The van der Waals surface area contributed by atoms with E-state index >= 15 is 0 Å². The molecule has 1 aliphatic carbocycles. The Kier molecular flexibility index (Phi) is 9.13. The molecule has 2 aliphatic heterocycles. The highest BCUT2D eigenvalue weighted by Gasteiger charge is 2.52. The van der Waals surface area contributed by atoms with E-state index in [1.165, 1.54) is 4.90 Å². The molecule has 5 amide bonds. The van der Waals surface area contributed by atoms with E-state index in [0.717, 1.165) is 12.8 Å². The van der Waals surface area contributed by atoms with Gasteiger partial charge in [-0.1, -0.05) is 38.8 Å². The van der Waals surface area contributed by atoms with Crippen LogP contribution in [0.3, 0.4) is 0 Å². The number of halogens is 4. The molecule has 39 heavy (non-hydrogen) atoms. The van der Waals surface area contributed by atoms with Gasteiger partial charge >= 0.3 is 6.43 Å². The van der Waals surface area contributed by atoms with Gasteiger partial charge in [-0.2, -0.15) is 8.78 Å². The maximum atomic E-state index is 13.9. The standard InChI is InChI=1S/C25H37ClF3N5O5/c1-24(2,3)16(30-21(37)18(28)29)22(38)33-10-12-7-6-8-14(12)15(33)20(36)32-34(23(39)17(26)27)11-13-9-25(4,5)31-19(13)35/h12-18H,6-11H2,1-5H3,(H,30,37)(H,31,35)(H,32,36)/t12-,13-,14-,15-,16+,17+/m0/s1. The fraction of sp³-hybridized carbons (Fsp3) is 0.800. The molecule has 2 heterocycles. The Balaban J connectivity index is 1.87. The fourth-order valence-corrected chi connectivity index (χ4v) is 6.08. The molecule has 0 unspecified atom stereocenters. The Morgan fingerprint density at radius 2 is 1.82 bits per heavy atom. The Morgan fingerprint density at radius 1 is 1.18 bits per heavy atom. The molecule has 0 aromatic rings. The van der Waals surface area contributed by atoms with Crippen molar-refractivity contribution in [1.82, 2.24) is 26.0 Å². The van der Waals surface area contributed by atoms with Gasteiger partial charge in [0.25, 0.3) is 23.4 Å². The van der Waals surface area contributed by atoms with Crippen LogP contribution in [0, 0.1) is 23.2 Å². The first-order valence-corrected chi connectivity index (χ1v) is 13.5. The summed E-state index contributed by atoms with van der Waals surface area (Å²) in [7, 11) is 0. The second-order valence-electron chi connectivity index (χ2n) is 12.4. The second kappa shape index (κ2) is 11.5. The first-order valence-electron chi connectivity index (χ1n) is 13.0. The smallest absolute Gasteiger partial charge is 0.315 e. The molecule has 0 aromatic carbocycles. The van der Waals surface area contributed by atoms with Gasteiger partial charge in [-0.25, -0.2) is 9.40 Å². The third-order valence-corrected chi connectivity index (χ3v) is 7.92. The predicted molar refractivity (Wildman–Crippen MR) is 135 cm³/mol. The number of amides is 5. The highest BCUT2D eigenvalue weighted by Crippen LogP contribution is 2.43. The van der Waals surface area contributed by atoms with Gasteiger partial charge in [-0.3, -0.25) is 29.4 Å². The lowest BCUT2D eigenvalue weighted by Gasteiger charge is -2.37. The third kappa shape index (κ3) is 6.96. The summed E-state index contributed by atoms with van der Waals surface area (Å²) in [5, 5.41) is 5.55. The molecule has 220 valence electrons. The maximum absolute atomic E-state index is 13.9. The number of fused-ring (bicyclic) bond motifs is 1. The molecule has 0 radical (unpaired) electrons. The molecule has 14 heteroatoms. The van der Waals surface area contributed by atoms with E-state index in [4.69, 9.17) is 11.6 Å². The van der Waals surface area contributed by atoms with Gasteiger partial charge in [0.2, 0.25) is 11.8 Å². The summed E-state index contributed by atoms with van der Waals surface area (Å²) in [4.78, 5) is 65.4. The quantitative estimate of drug-likeness (QED) is 0.313. The second-order valence-corrected chi connectivity index (χ2v) is 12.8. The number of hydrazine groups is 1. The number of likely N-dealkylation sites (tertiary alicyclic amines) is 1. The Labute approximate surface area is 230 Å². The minimum atomic E-state index is -3.33. The van der Waals surface area contributed by atoms with Crippen LogP contribution < -0.4 is 16.1 Å². The van der Waals surface area contributed by atoms with Crippen LogP contribution >= 0.6 is 11.6 Å². The lowest BCUT2D eigenvalue weighted by molar-refractivity contribution is -0.151. The molecular formula is C25H37ClF3N5O5. The average molecular weight is 580 g/mol. The number of carbonyl (C=O) groups excluding carboxylic acids is 5. The topological polar surface area (TPSA) is 128 Å². The van der Waals surface area contributed by atoms with Crippen LogP contribution in [0.25, 0.3) is 0 Å². The zero-order chi connectivity index (χ0) is 29.4. The predicted octanol–water partition coefficient (Wildman–Crippen LogP) is 1.72. The summed E-state index contributed by atoms with van der Waals surface area (Å²) in [6.45, 7) is 8.20. The van der Waals surface area contributed by atoms with Gasteiger partial charge < -0.3 is 15.5 Å². The van der Waals surface area contributed by atoms with Crippen molar-refractivity contribution in [3.8, 4) is 0 Å². The van der Waals surface area contributed by atoms with Crippen LogP contribution in [-0.2, 0) is 24.0 Å². The van der Waals surface area contributed by atoms with Crippen molar-refractivity contribution in [3.05, 3.63) is 0 Å². The number of alkyl halides is 4. The van der Waals surface area contributed by atoms with Crippen molar-refractivity contribution in [2.45, 2.75) is 90.0 Å². The van der Waals surface area contributed by atoms with Crippen molar-refractivity contribution in [2.75, 3.05) is 13.1 Å². The Hall–Kier alpha value is -2.57. The van der Waals surface area contributed by atoms with Crippen LogP contribution in [0.2, 0.25) is 0 Å². The molecule has 2 saturated heterocycles. The van der Waals surface area contributed by atoms with Crippen LogP contribution in [-0.4, -0.2) is 82.2 Å². The van der Waals surface area contributed by atoms with Crippen LogP contribution in [0.15, 0.2) is 0 Å². The van der Waals surface area contributed by atoms with Crippen molar-refractivity contribution < 1.29 is 37.1 Å². The van der Waals surface area contributed by atoms with Gasteiger partial charge in [-0.15, -0.1) is 0 Å². The number of nitrogens with one attached hydrogen (secondary N) is 3. The minimum Gasteiger partial charge on any atom is -0.351 e. The molecule has 3 aliphatic rings. The number of carbonyl (C=O) groups is 5. The van der Waals surface area contributed by atoms with E-state index < -0.39 is 64.6 Å². The van der Waals surface area contributed by atoms with E-state index in [9.17, 15) is 37.1 Å². The maximum Gasteiger partial charge on any atom is 0.315 e. The Morgan fingerprint density at radius 3 is 2.33 bits per heavy atom. The molecule has 0 bridgehead atoms. The number of hydrogen-bond acceptors (Lipinski definition) is 5. The summed E-state index contributed by atoms with van der Waals surface area (Å²) < 4.78 is 40.0. The number of hydrogen-bond donors (Lipinski definition) is 3. The molecule has 6 atom stereocenters. The SMILES string of the molecule is CC1(C)C[C@@H](CN(NC(=O)[C@@H]2[C@H]3CCC[C@H]3CN2C(=O)[C@@H](NC(=O)C(F)F)C(C)(C)C)C(=O)[C@@H](F)Cl)C(=O)N1. The molecular weight excluding hydrogens is 543 g/mol. The number of nitrogens with zero attached hydrogens (tertiary/aromatic N) is 2. The van der Waals surface area contributed by atoms with E-state index in [1.54, 1.807) is 34.6 Å². The first kappa shape index (κ1) is 31.0. The molecule has 3 rings (SSSR count). The summed E-state index contributed by atoms with van der Waals surface area (Å²) in [6.07, 6.45) is -0.873. The van der Waals surface area contributed by atoms with Crippen molar-refractivity contribution >= 4 is 41.1 Å². The van der Waals surface area contributed by atoms with Crippen molar-refractivity contribution in [1.29, 1.82) is 0 Å². The van der Waals surface area contributed by atoms with E-state index in [2.05, 4.69) is 16.1 Å². The lowest BCUT2D eigenvalue weighted by Crippen LogP contribution is -2.61. The van der Waals surface area contributed by atoms with E-state index in [-0.39, 0.29) is 30.8 Å². The summed E-state index contributed by atoms with van der Waals surface area (Å²) in [5.74, 6) is -5.81. The third-order valence-electron chi connectivity index (χ3n) is 7.73. The molecule has 0 aromatic heterocycles. The first-order chi connectivity index (χ1) is 17.9. The summed E-state index contributed by atoms with van der Waals surface area (Å²) >= 11 is 5.40. The van der Waals surface area contributed by atoms with Gasteiger partial charge in [0.05, 0.1) is 12.5 Å². The van der Waals surface area contributed by atoms with Gasteiger partial charge in [0.1, 0.15) is 12.1 Å². The van der Waals surface area contributed by atoms with Crippen molar-refractivity contribution in [2.24, 2.45) is 23.2 Å².